The number of hydrogen-bond acceptors (Lipinski definition) is 3. The highest BCUT2D eigenvalue weighted by atomic mass is 16.2. The number of amides is 2. The third-order valence-electron chi connectivity index (χ3n) is 5.21. The number of carbonyl (C=O) groups excluding carboxylic acids is 2. The Morgan fingerprint density at radius 1 is 1.11 bits per heavy atom. The van der Waals surface area contributed by atoms with Gasteiger partial charge in [0.25, 0.3) is 5.91 Å². The molecule has 2 amide bonds. The van der Waals surface area contributed by atoms with Gasteiger partial charge in [-0.15, -0.1) is 0 Å². The predicted molar refractivity (Wildman–Crippen MR) is 71.0 cm³/mol. The van der Waals surface area contributed by atoms with Gasteiger partial charge in [0.05, 0.1) is 5.66 Å². The van der Waals surface area contributed by atoms with E-state index >= 15 is 0 Å². The topological polar surface area (TPSA) is 84.2 Å². The third-order valence-corrected chi connectivity index (χ3v) is 5.21. The number of carbonyl (C=O) groups is 2. The van der Waals surface area contributed by atoms with E-state index in [1.165, 1.54) is 6.42 Å². The van der Waals surface area contributed by atoms with Gasteiger partial charge >= 0.3 is 0 Å². The zero-order valence-corrected chi connectivity index (χ0v) is 11.3. The van der Waals surface area contributed by atoms with Crippen molar-refractivity contribution in [3.05, 3.63) is 0 Å². The molecule has 1 aliphatic heterocycles. The second kappa shape index (κ2) is 4.47. The van der Waals surface area contributed by atoms with E-state index in [4.69, 9.17) is 5.73 Å². The van der Waals surface area contributed by atoms with E-state index in [1.807, 2.05) is 0 Å². The maximum Gasteiger partial charge on any atom is 0.251 e. The van der Waals surface area contributed by atoms with E-state index in [0.29, 0.717) is 0 Å². The van der Waals surface area contributed by atoms with Gasteiger partial charge in [0, 0.05) is 0 Å². The highest BCUT2D eigenvalue weighted by Crippen LogP contribution is 2.41. The zero-order chi connectivity index (χ0) is 13.5. The molecule has 4 N–H and O–H groups in total. The monoisotopic (exact) mass is 265 g/mol. The van der Waals surface area contributed by atoms with Gasteiger partial charge in [0.1, 0.15) is 0 Å². The molecule has 0 aromatic rings. The van der Waals surface area contributed by atoms with Gasteiger partial charge in [-0.1, -0.05) is 19.3 Å². The van der Waals surface area contributed by atoms with Gasteiger partial charge in [-0.25, -0.2) is 0 Å². The number of primary amides is 1. The van der Waals surface area contributed by atoms with Crippen LogP contribution in [0.2, 0.25) is 0 Å². The molecule has 1 atom stereocenters. The lowest BCUT2D eigenvalue weighted by molar-refractivity contribution is -0.136. The number of hydrogen-bond donors (Lipinski definition) is 3. The van der Waals surface area contributed by atoms with Crippen molar-refractivity contribution in [2.75, 3.05) is 0 Å². The molecule has 0 radical (unpaired) electrons. The predicted octanol–water partition coefficient (Wildman–Crippen LogP) is 0.780. The summed E-state index contributed by atoms with van der Waals surface area (Å²) >= 11 is 0. The molecule has 106 valence electrons. The summed E-state index contributed by atoms with van der Waals surface area (Å²) in [5.74, 6) is -0.626. The van der Waals surface area contributed by atoms with Crippen molar-refractivity contribution in [1.29, 1.82) is 0 Å². The Morgan fingerprint density at radius 2 is 1.74 bits per heavy atom. The summed E-state index contributed by atoms with van der Waals surface area (Å²) in [5.41, 5.74) is 4.09. The Morgan fingerprint density at radius 3 is 2.32 bits per heavy atom. The standard InChI is InChI=1S/C14H23N3O2/c15-11(18)14(10-6-2-3-7-10)12(19)16-13(17-14)8-4-1-5-9-13/h10,17H,1-9H2,(H2,15,18)(H,16,19). The Hall–Kier alpha value is -1.10. The molecule has 1 saturated heterocycles. The molecule has 5 nitrogen and oxygen atoms in total. The van der Waals surface area contributed by atoms with Gasteiger partial charge in [-0.2, -0.15) is 0 Å². The van der Waals surface area contributed by atoms with Crippen LogP contribution in [0.3, 0.4) is 0 Å². The van der Waals surface area contributed by atoms with Crippen LogP contribution in [-0.2, 0) is 9.59 Å². The van der Waals surface area contributed by atoms with E-state index in [9.17, 15) is 9.59 Å². The van der Waals surface area contributed by atoms with Gasteiger partial charge in [-0.3, -0.25) is 14.9 Å². The Bertz CT molecular complexity index is 397. The van der Waals surface area contributed by atoms with Crippen LogP contribution in [0.4, 0.5) is 0 Å². The Kier molecular flexibility index (Phi) is 3.04. The number of rotatable bonds is 2. The molecule has 0 aromatic heterocycles. The molecular formula is C14H23N3O2. The molecular weight excluding hydrogens is 242 g/mol. The average Bonchev–Trinajstić information content (AvgIpc) is 2.98. The Balaban J connectivity index is 1.91. The molecule has 3 aliphatic rings. The lowest BCUT2D eigenvalue weighted by Crippen LogP contribution is -2.64. The summed E-state index contributed by atoms with van der Waals surface area (Å²) in [7, 11) is 0. The minimum atomic E-state index is -1.16. The normalized spacial score (nSPS) is 34.6. The molecule has 0 bridgehead atoms. The summed E-state index contributed by atoms with van der Waals surface area (Å²) in [5, 5.41) is 6.44. The van der Waals surface area contributed by atoms with Gasteiger partial charge < -0.3 is 11.1 Å². The van der Waals surface area contributed by atoms with Gasteiger partial charge in [-0.05, 0) is 44.4 Å². The first-order chi connectivity index (χ1) is 9.09. The maximum absolute atomic E-state index is 12.5. The zero-order valence-electron chi connectivity index (χ0n) is 11.3. The van der Waals surface area contributed by atoms with E-state index in [1.54, 1.807) is 0 Å². The highest BCUT2D eigenvalue weighted by molar-refractivity contribution is 6.11. The lowest BCUT2D eigenvalue weighted by atomic mass is 9.81. The fraction of sp³-hybridized carbons (Fsp3) is 0.857. The summed E-state index contributed by atoms with van der Waals surface area (Å²) < 4.78 is 0. The lowest BCUT2D eigenvalue weighted by Gasteiger charge is -2.37. The van der Waals surface area contributed by atoms with Gasteiger partial charge in [0.15, 0.2) is 5.54 Å². The van der Waals surface area contributed by atoms with Crippen molar-refractivity contribution >= 4 is 11.8 Å². The highest BCUT2D eigenvalue weighted by Gasteiger charge is 2.61. The minimum Gasteiger partial charge on any atom is -0.368 e. The second-order valence-corrected chi connectivity index (χ2v) is 6.38. The van der Waals surface area contributed by atoms with Crippen LogP contribution in [0.1, 0.15) is 57.8 Å². The molecule has 1 unspecified atom stereocenters. The molecule has 5 heteroatoms. The van der Waals surface area contributed by atoms with Crippen LogP contribution >= 0.6 is 0 Å². The summed E-state index contributed by atoms with van der Waals surface area (Å²) in [6.45, 7) is 0. The fourth-order valence-corrected chi connectivity index (χ4v) is 4.21. The number of nitrogens with one attached hydrogen (secondary N) is 2. The molecule has 2 aliphatic carbocycles. The first kappa shape index (κ1) is 12.9. The first-order valence-corrected chi connectivity index (χ1v) is 7.51. The first-order valence-electron chi connectivity index (χ1n) is 7.51. The molecule has 1 heterocycles. The van der Waals surface area contributed by atoms with E-state index < -0.39 is 11.4 Å². The molecule has 3 fully saturated rings. The largest absolute Gasteiger partial charge is 0.368 e. The maximum atomic E-state index is 12.5. The molecule has 3 rings (SSSR count). The van der Waals surface area contributed by atoms with Crippen molar-refractivity contribution in [3.8, 4) is 0 Å². The molecule has 1 spiro atoms. The van der Waals surface area contributed by atoms with Crippen LogP contribution in [0, 0.1) is 5.92 Å². The SMILES string of the molecule is NC(=O)C1(C2CCCC2)NC2(CCCCC2)NC1=O. The third kappa shape index (κ3) is 1.86. The van der Waals surface area contributed by atoms with Crippen LogP contribution in [0.25, 0.3) is 0 Å². The van der Waals surface area contributed by atoms with Crippen LogP contribution < -0.4 is 16.4 Å². The summed E-state index contributed by atoms with van der Waals surface area (Å²) in [4.78, 5) is 24.6. The molecule has 19 heavy (non-hydrogen) atoms. The summed E-state index contributed by atoms with van der Waals surface area (Å²) in [6.07, 6.45) is 9.19. The van der Waals surface area contributed by atoms with E-state index in [-0.39, 0.29) is 17.5 Å². The van der Waals surface area contributed by atoms with Crippen LogP contribution in [0.15, 0.2) is 0 Å². The van der Waals surface area contributed by atoms with Crippen LogP contribution in [-0.4, -0.2) is 23.0 Å². The van der Waals surface area contributed by atoms with Crippen molar-refractivity contribution in [2.45, 2.75) is 69.0 Å². The fourth-order valence-electron chi connectivity index (χ4n) is 4.21. The van der Waals surface area contributed by atoms with E-state index in [0.717, 1.165) is 51.4 Å². The molecule has 0 aromatic carbocycles. The smallest absolute Gasteiger partial charge is 0.251 e. The quantitative estimate of drug-likeness (QED) is 0.645. The van der Waals surface area contributed by atoms with Crippen molar-refractivity contribution < 1.29 is 9.59 Å². The van der Waals surface area contributed by atoms with Gasteiger partial charge in [0.2, 0.25) is 5.91 Å². The number of nitrogens with two attached hydrogens (primary N) is 1. The Labute approximate surface area is 113 Å². The molecule has 2 saturated carbocycles. The van der Waals surface area contributed by atoms with Crippen LogP contribution in [0.5, 0.6) is 0 Å². The van der Waals surface area contributed by atoms with Crippen molar-refractivity contribution in [1.82, 2.24) is 10.6 Å². The average molecular weight is 265 g/mol. The van der Waals surface area contributed by atoms with E-state index in [2.05, 4.69) is 10.6 Å². The second-order valence-electron chi connectivity index (χ2n) is 6.38. The summed E-state index contributed by atoms with van der Waals surface area (Å²) in [6, 6.07) is 0. The van der Waals surface area contributed by atoms with Crippen molar-refractivity contribution in [3.63, 3.8) is 0 Å². The van der Waals surface area contributed by atoms with Crippen molar-refractivity contribution in [2.24, 2.45) is 11.7 Å². The minimum absolute atomic E-state index is 0.0614.